The van der Waals surface area contributed by atoms with E-state index in [0.717, 1.165) is 13.0 Å². The minimum atomic E-state index is 0.673. The van der Waals surface area contributed by atoms with Crippen molar-refractivity contribution >= 4 is 31.5 Å². The summed E-state index contributed by atoms with van der Waals surface area (Å²) in [5.41, 5.74) is 1.44. The van der Waals surface area contributed by atoms with E-state index in [1.54, 1.807) is 0 Å². The lowest BCUT2D eigenvalue weighted by Crippen LogP contribution is -2.17. The average Bonchev–Trinajstić information content (AvgIpc) is 2.77. The first kappa shape index (κ1) is 12.6. The van der Waals surface area contributed by atoms with E-state index in [1.807, 2.05) is 18.4 Å². The predicted octanol–water partition coefficient (Wildman–Crippen LogP) is 4.45. The highest BCUT2D eigenvalue weighted by atomic mass is 32.1. The molecule has 19 heavy (non-hydrogen) atoms. The van der Waals surface area contributed by atoms with Crippen LogP contribution in [-0.4, -0.2) is 13.6 Å². The summed E-state index contributed by atoms with van der Waals surface area (Å²) in [6, 6.07) is 15.6. The van der Waals surface area contributed by atoms with Crippen molar-refractivity contribution < 1.29 is 0 Å². The van der Waals surface area contributed by atoms with Crippen molar-refractivity contribution in [2.75, 3.05) is 13.6 Å². The Morgan fingerprint density at radius 1 is 1.05 bits per heavy atom. The van der Waals surface area contributed by atoms with Gasteiger partial charge in [0.05, 0.1) is 0 Å². The van der Waals surface area contributed by atoms with Crippen LogP contribution < -0.4 is 5.32 Å². The van der Waals surface area contributed by atoms with Crippen LogP contribution in [-0.2, 0) is 6.42 Å². The molecule has 1 nitrogen and oxygen atoms in total. The van der Waals surface area contributed by atoms with Gasteiger partial charge in [-0.2, -0.15) is 0 Å². The number of thiophene rings is 1. The third-order valence-electron chi connectivity index (χ3n) is 3.58. The fourth-order valence-corrected chi connectivity index (χ4v) is 3.81. The van der Waals surface area contributed by atoms with Crippen LogP contribution in [0.5, 0.6) is 0 Å². The Morgan fingerprint density at radius 3 is 2.68 bits per heavy atom. The maximum Gasteiger partial charge on any atom is 0.0355 e. The van der Waals surface area contributed by atoms with E-state index in [0.29, 0.717) is 5.92 Å². The Bertz CT molecular complexity index is 699. The Kier molecular flexibility index (Phi) is 3.54. The van der Waals surface area contributed by atoms with E-state index < -0.39 is 0 Å². The highest BCUT2D eigenvalue weighted by Crippen LogP contribution is 2.34. The maximum atomic E-state index is 3.25. The van der Waals surface area contributed by atoms with E-state index >= 15 is 0 Å². The summed E-state index contributed by atoms with van der Waals surface area (Å²) < 4.78 is 2.78. The van der Waals surface area contributed by atoms with E-state index in [9.17, 15) is 0 Å². The van der Waals surface area contributed by atoms with Gasteiger partial charge >= 0.3 is 0 Å². The smallest absolute Gasteiger partial charge is 0.0355 e. The number of benzene rings is 2. The largest absolute Gasteiger partial charge is 0.319 e. The Balaban J connectivity index is 2.02. The van der Waals surface area contributed by atoms with Crippen LogP contribution in [0.4, 0.5) is 0 Å². The summed E-state index contributed by atoms with van der Waals surface area (Å²) >= 11 is 1.89. The quantitative estimate of drug-likeness (QED) is 0.737. The molecule has 0 fully saturated rings. The van der Waals surface area contributed by atoms with Crippen LogP contribution in [0.15, 0.2) is 42.5 Å². The molecule has 0 radical (unpaired) electrons. The SMILES string of the molecule is CNCC(C)Cc1ccc2sc3ccccc3c2c1. The van der Waals surface area contributed by atoms with Gasteiger partial charge in [0.15, 0.2) is 0 Å². The summed E-state index contributed by atoms with van der Waals surface area (Å²) in [4.78, 5) is 0. The highest BCUT2D eigenvalue weighted by molar-refractivity contribution is 7.25. The Morgan fingerprint density at radius 2 is 1.84 bits per heavy atom. The lowest BCUT2D eigenvalue weighted by atomic mass is 9.99. The predicted molar refractivity (Wildman–Crippen MR) is 86.1 cm³/mol. The molecule has 3 aromatic rings. The molecule has 0 saturated carbocycles. The van der Waals surface area contributed by atoms with Gasteiger partial charge in [0, 0.05) is 20.2 Å². The molecule has 0 aliphatic rings. The van der Waals surface area contributed by atoms with E-state index in [-0.39, 0.29) is 0 Å². The van der Waals surface area contributed by atoms with Gasteiger partial charge in [-0.3, -0.25) is 0 Å². The van der Waals surface area contributed by atoms with Gasteiger partial charge < -0.3 is 5.32 Å². The topological polar surface area (TPSA) is 12.0 Å². The van der Waals surface area contributed by atoms with Crippen molar-refractivity contribution in [3.05, 3.63) is 48.0 Å². The summed E-state index contributed by atoms with van der Waals surface area (Å²) in [5.74, 6) is 0.673. The van der Waals surface area contributed by atoms with Gasteiger partial charge in [-0.15, -0.1) is 11.3 Å². The molecule has 1 aromatic heterocycles. The fourth-order valence-electron chi connectivity index (χ4n) is 2.72. The second kappa shape index (κ2) is 5.32. The lowest BCUT2D eigenvalue weighted by molar-refractivity contribution is 0.542. The van der Waals surface area contributed by atoms with Crippen LogP contribution in [0.25, 0.3) is 20.2 Å². The molecular weight excluding hydrogens is 250 g/mol. The monoisotopic (exact) mass is 269 g/mol. The molecule has 3 rings (SSSR count). The molecule has 1 unspecified atom stereocenters. The van der Waals surface area contributed by atoms with Crippen molar-refractivity contribution in [2.45, 2.75) is 13.3 Å². The van der Waals surface area contributed by atoms with Gasteiger partial charge in [0.2, 0.25) is 0 Å². The van der Waals surface area contributed by atoms with Crippen molar-refractivity contribution in [3.8, 4) is 0 Å². The van der Waals surface area contributed by atoms with Gasteiger partial charge in [-0.25, -0.2) is 0 Å². The van der Waals surface area contributed by atoms with Crippen LogP contribution in [0.3, 0.4) is 0 Å². The van der Waals surface area contributed by atoms with Crippen LogP contribution in [0, 0.1) is 5.92 Å². The molecule has 0 bridgehead atoms. The number of nitrogens with one attached hydrogen (secondary N) is 1. The van der Waals surface area contributed by atoms with Gasteiger partial charge in [-0.05, 0) is 49.7 Å². The molecule has 0 spiro atoms. The fraction of sp³-hybridized carbons (Fsp3) is 0.294. The number of fused-ring (bicyclic) bond motifs is 3. The normalized spacial score (nSPS) is 13.2. The Labute approximate surface area is 118 Å². The molecule has 0 amide bonds. The molecule has 1 atom stereocenters. The second-order valence-electron chi connectivity index (χ2n) is 5.30. The van der Waals surface area contributed by atoms with Crippen LogP contribution in [0.2, 0.25) is 0 Å². The number of hydrogen-bond donors (Lipinski definition) is 1. The molecule has 0 aliphatic heterocycles. The zero-order valence-electron chi connectivity index (χ0n) is 11.4. The summed E-state index contributed by atoms with van der Waals surface area (Å²) in [5, 5.41) is 6.06. The molecule has 2 heteroatoms. The minimum Gasteiger partial charge on any atom is -0.319 e. The van der Waals surface area contributed by atoms with E-state index in [1.165, 1.54) is 25.7 Å². The zero-order valence-corrected chi connectivity index (χ0v) is 12.3. The molecular formula is C17H19NS. The third kappa shape index (κ3) is 2.51. The summed E-state index contributed by atoms with van der Waals surface area (Å²) in [7, 11) is 2.02. The first-order valence-corrected chi connectivity index (χ1v) is 7.64. The standard InChI is InChI=1S/C17H19NS/c1-12(11-18-2)9-13-7-8-17-15(10-13)14-5-3-4-6-16(14)19-17/h3-8,10,12,18H,9,11H2,1-2H3. The van der Waals surface area contributed by atoms with E-state index in [2.05, 4.69) is 54.7 Å². The average molecular weight is 269 g/mol. The zero-order chi connectivity index (χ0) is 13.2. The molecule has 1 N–H and O–H groups in total. The summed E-state index contributed by atoms with van der Waals surface area (Å²) in [6.45, 7) is 3.37. The first-order chi connectivity index (χ1) is 9.28. The van der Waals surface area contributed by atoms with Gasteiger partial charge in [0.1, 0.15) is 0 Å². The molecule has 1 heterocycles. The Hall–Kier alpha value is -1.38. The van der Waals surface area contributed by atoms with Crippen molar-refractivity contribution in [1.82, 2.24) is 5.32 Å². The van der Waals surface area contributed by atoms with Gasteiger partial charge in [-0.1, -0.05) is 31.2 Å². The maximum absolute atomic E-state index is 3.25. The number of hydrogen-bond acceptors (Lipinski definition) is 2. The first-order valence-electron chi connectivity index (χ1n) is 6.82. The van der Waals surface area contributed by atoms with E-state index in [4.69, 9.17) is 0 Å². The van der Waals surface area contributed by atoms with Crippen molar-refractivity contribution in [2.24, 2.45) is 5.92 Å². The van der Waals surface area contributed by atoms with Crippen LogP contribution >= 0.6 is 11.3 Å². The molecule has 2 aromatic carbocycles. The second-order valence-corrected chi connectivity index (χ2v) is 6.38. The summed E-state index contributed by atoms with van der Waals surface area (Å²) in [6.07, 6.45) is 1.14. The van der Waals surface area contributed by atoms with Crippen molar-refractivity contribution in [1.29, 1.82) is 0 Å². The minimum absolute atomic E-state index is 0.673. The van der Waals surface area contributed by atoms with Crippen molar-refractivity contribution in [3.63, 3.8) is 0 Å². The molecule has 98 valence electrons. The number of rotatable bonds is 4. The lowest BCUT2D eigenvalue weighted by Gasteiger charge is -2.10. The molecule has 0 saturated heterocycles. The highest BCUT2D eigenvalue weighted by Gasteiger charge is 2.07. The van der Waals surface area contributed by atoms with Crippen LogP contribution in [0.1, 0.15) is 12.5 Å². The third-order valence-corrected chi connectivity index (χ3v) is 4.73. The van der Waals surface area contributed by atoms with Gasteiger partial charge in [0.25, 0.3) is 0 Å². The molecule has 0 aliphatic carbocycles.